The van der Waals surface area contributed by atoms with Gasteiger partial charge < -0.3 is 24.0 Å². The van der Waals surface area contributed by atoms with Crippen LogP contribution in [0.3, 0.4) is 0 Å². The number of carboxylic acids is 1. The Morgan fingerprint density at radius 1 is 1.31 bits per heavy atom. The number of carbonyl (C=O) groups is 1. The first kappa shape index (κ1) is 19.8. The summed E-state index contributed by atoms with van der Waals surface area (Å²) in [5.74, 6) is -0.291. The van der Waals surface area contributed by atoms with E-state index in [9.17, 15) is 9.90 Å². The van der Waals surface area contributed by atoms with E-state index in [1.807, 2.05) is 25.1 Å². The fourth-order valence-electron chi connectivity index (χ4n) is 2.39. The van der Waals surface area contributed by atoms with Crippen molar-refractivity contribution in [3.63, 3.8) is 0 Å². The lowest BCUT2D eigenvalue weighted by atomic mass is 10.1. The molecular weight excluding hydrogens is 354 g/mol. The van der Waals surface area contributed by atoms with Gasteiger partial charge >= 0.3 is 0 Å². The minimum absolute atomic E-state index is 0.0369. The number of hydrogen-bond donors (Lipinski definition) is 0. The molecule has 0 saturated carbocycles. The summed E-state index contributed by atoms with van der Waals surface area (Å²) in [6.07, 6.45) is 2.07. The summed E-state index contributed by atoms with van der Waals surface area (Å²) in [4.78, 5) is 13.7. The third-order valence-corrected chi connectivity index (χ3v) is 4.63. The molecule has 0 atom stereocenters. The van der Waals surface area contributed by atoms with Gasteiger partial charge in [-0.05, 0) is 43.8 Å². The van der Waals surface area contributed by atoms with Gasteiger partial charge in [-0.25, -0.2) is 0 Å². The monoisotopic (exact) mass is 376 g/mol. The highest BCUT2D eigenvalue weighted by molar-refractivity contribution is 8.03. The van der Waals surface area contributed by atoms with Gasteiger partial charge in [0.1, 0.15) is 5.75 Å². The largest absolute Gasteiger partial charge is 0.544 e. The molecule has 0 fully saturated rings. The van der Waals surface area contributed by atoms with Crippen molar-refractivity contribution in [2.24, 2.45) is 0 Å². The van der Waals surface area contributed by atoms with Crippen molar-refractivity contribution in [3.05, 3.63) is 34.6 Å². The van der Waals surface area contributed by atoms with Gasteiger partial charge in [-0.1, -0.05) is 6.92 Å². The molecule has 0 spiro atoms. The maximum atomic E-state index is 11.5. The van der Waals surface area contributed by atoms with Crippen LogP contribution in [0, 0.1) is 0 Å². The standard InChI is InChI=1S/C18H23N3O4S/c1-5-16-19-20-18(25-16)26-15(17(22)23)10-12-8-9-13(11-14(12)24-4)21(6-2)7-3/h8-11H,5-7H2,1-4H3,(H,22,23)/p-1/b15-10-. The minimum atomic E-state index is -1.32. The molecule has 2 rings (SSSR count). The summed E-state index contributed by atoms with van der Waals surface area (Å²) in [7, 11) is 1.55. The van der Waals surface area contributed by atoms with Crippen LogP contribution in [-0.2, 0) is 11.2 Å². The number of aromatic nitrogens is 2. The molecule has 0 radical (unpaired) electrons. The topological polar surface area (TPSA) is 91.5 Å². The molecule has 2 aromatic rings. The van der Waals surface area contributed by atoms with E-state index in [-0.39, 0.29) is 10.1 Å². The van der Waals surface area contributed by atoms with Crippen molar-refractivity contribution in [1.82, 2.24) is 10.2 Å². The van der Waals surface area contributed by atoms with Crippen LogP contribution >= 0.6 is 11.8 Å². The van der Waals surface area contributed by atoms with E-state index >= 15 is 0 Å². The van der Waals surface area contributed by atoms with E-state index in [0.717, 1.165) is 30.5 Å². The number of carboxylic acid groups (broad SMARTS) is 1. The van der Waals surface area contributed by atoms with E-state index in [0.29, 0.717) is 23.6 Å². The molecule has 8 heteroatoms. The number of methoxy groups -OCH3 is 1. The predicted molar refractivity (Wildman–Crippen MR) is 99.1 cm³/mol. The highest BCUT2D eigenvalue weighted by Crippen LogP contribution is 2.32. The minimum Gasteiger partial charge on any atom is -0.544 e. The molecule has 1 aromatic carbocycles. The second kappa shape index (κ2) is 9.28. The summed E-state index contributed by atoms with van der Waals surface area (Å²) >= 11 is 0.859. The predicted octanol–water partition coefficient (Wildman–Crippen LogP) is 2.37. The number of benzene rings is 1. The van der Waals surface area contributed by atoms with Gasteiger partial charge in [0.05, 0.1) is 13.1 Å². The van der Waals surface area contributed by atoms with Gasteiger partial charge in [-0.15, -0.1) is 10.2 Å². The highest BCUT2D eigenvalue weighted by atomic mass is 32.2. The van der Waals surface area contributed by atoms with Crippen LogP contribution in [0.2, 0.25) is 0 Å². The van der Waals surface area contributed by atoms with Gasteiger partial charge in [-0.3, -0.25) is 0 Å². The lowest BCUT2D eigenvalue weighted by Gasteiger charge is -2.22. The average Bonchev–Trinajstić information content (AvgIpc) is 3.10. The van der Waals surface area contributed by atoms with Crippen molar-refractivity contribution in [2.75, 3.05) is 25.1 Å². The molecule has 0 unspecified atom stereocenters. The first-order chi connectivity index (χ1) is 12.5. The molecule has 0 saturated heterocycles. The van der Waals surface area contributed by atoms with Crippen LogP contribution in [0.5, 0.6) is 5.75 Å². The molecule has 0 aliphatic rings. The van der Waals surface area contributed by atoms with Gasteiger partial charge in [0.15, 0.2) is 0 Å². The van der Waals surface area contributed by atoms with Crippen molar-refractivity contribution in [1.29, 1.82) is 0 Å². The van der Waals surface area contributed by atoms with E-state index in [4.69, 9.17) is 9.15 Å². The number of anilines is 1. The lowest BCUT2D eigenvalue weighted by molar-refractivity contribution is -0.298. The number of aliphatic carboxylic acids is 1. The molecule has 1 aromatic heterocycles. The zero-order chi connectivity index (χ0) is 19.1. The summed E-state index contributed by atoms with van der Waals surface area (Å²) < 4.78 is 10.8. The van der Waals surface area contributed by atoms with E-state index in [1.54, 1.807) is 7.11 Å². The van der Waals surface area contributed by atoms with Crippen LogP contribution in [0.15, 0.2) is 32.7 Å². The molecule has 140 valence electrons. The zero-order valence-corrected chi connectivity index (χ0v) is 16.1. The fraction of sp³-hybridized carbons (Fsp3) is 0.389. The number of hydrogen-bond acceptors (Lipinski definition) is 8. The van der Waals surface area contributed by atoms with Crippen LogP contribution in [0.1, 0.15) is 32.2 Å². The number of rotatable bonds is 9. The molecule has 7 nitrogen and oxygen atoms in total. The Morgan fingerprint density at radius 2 is 2.04 bits per heavy atom. The third-order valence-electron chi connectivity index (χ3n) is 3.78. The fourth-order valence-corrected chi connectivity index (χ4v) is 3.07. The lowest BCUT2D eigenvalue weighted by Crippen LogP contribution is -2.23. The van der Waals surface area contributed by atoms with E-state index < -0.39 is 5.97 Å². The molecule has 0 bridgehead atoms. The quantitative estimate of drug-likeness (QED) is 0.486. The van der Waals surface area contributed by atoms with Crippen molar-refractivity contribution < 1.29 is 19.1 Å². The third kappa shape index (κ3) is 4.78. The number of thioether (sulfide) groups is 1. The molecule has 0 N–H and O–H groups in total. The maximum Gasteiger partial charge on any atom is 0.281 e. The number of nitrogens with zero attached hydrogens (tertiary/aromatic N) is 3. The van der Waals surface area contributed by atoms with E-state index in [2.05, 4.69) is 28.9 Å². The summed E-state index contributed by atoms with van der Waals surface area (Å²) in [6.45, 7) is 7.75. The van der Waals surface area contributed by atoms with Crippen LogP contribution < -0.4 is 14.7 Å². The molecule has 0 aliphatic heterocycles. The summed E-state index contributed by atoms with van der Waals surface area (Å²) in [6, 6.07) is 5.64. The Hall–Kier alpha value is -2.48. The second-order valence-electron chi connectivity index (χ2n) is 5.31. The molecule has 0 amide bonds. The van der Waals surface area contributed by atoms with Crippen molar-refractivity contribution in [3.8, 4) is 5.75 Å². The van der Waals surface area contributed by atoms with Gasteiger partial charge in [0.25, 0.3) is 5.22 Å². The van der Waals surface area contributed by atoms with Crippen molar-refractivity contribution in [2.45, 2.75) is 32.4 Å². The maximum absolute atomic E-state index is 11.5. The number of carbonyl (C=O) groups excluding carboxylic acids is 1. The first-order valence-electron chi connectivity index (χ1n) is 8.38. The second-order valence-corrected chi connectivity index (χ2v) is 6.31. The number of ether oxygens (including phenoxy) is 1. The molecule has 0 aliphatic carbocycles. The normalized spacial score (nSPS) is 11.5. The Balaban J connectivity index is 2.34. The Bertz CT molecular complexity index is 784. The Labute approximate surface area is 157 Å². The van der Waals surface area contributed by atoms with Gasteiger partial charge in [0.2, 0.25) is 5.89 Å². The van der Waals surface area contributed by atoms with E-state index in [1.165, 1.54) is 6.08 Å². The number of aryl methyl sites for hydroxylation is 1. The average molecular weight is 376 g/mol. The Morgan fingerprint density at radius 3 is 2.58 bits per heavy atom. The molecule has 26 heavy (non-hydrogen) atoms. The summed E-state index contributed by atoms with van der Waals surface area (Å²) in [5.41, 5.74) is 1.64. The van der Waals surface area contributed by atoms with Crippen LogP contribution in [-0.4, -0.2) is 36.4 Å². The molecule has 1 heterocycles. The highest BCUT2D eigenvalue weighted by Gasteiger charge is 2.12. The SMILES string of the molecule is CCc1nnc(S/C(=C\c2ccc(N(CC)CC)cc2OC)C(=O)[O-])o1. The summed E-state index contributed by atoms with van der Waals surface area (Å²) in [5, 5.41) is 19.3. The van der Waals surface area contributed by atoms with Crippen LogP contribution in [0.4, 0.5) is 5.69 Å². The van der Waals surface area contributed by atoms with Crippen molar-refractivity contribution >= 4 is 29.5 Å². The van der Waals surface area contributed by atoms with Gasteiger partial charge in [0, 0.05) is 41.7 Å². The first-order valence-corrected chi connectivity index (χ1v) is 9.20. The zero-order valence-electron chi connectivity index (χ0n) is 15.3. The molecular formula is C18H22N3O4S-. The van der Waals surface area contributed by atoms with Gasteiger partial charge in [-0.2, -0.15) is 0 Å². The Kier molecular flexibility index (Phi) is 7.08. The smallest absolute Gasteiger partial charge is 0.281 e. The van der Waals surface area contributed by atoms with Crippen LogP contribution in [0.25, 0.3) is 6.08 Å².